The van der Waals surface area contributed by atoms with Crippen LogP contribution in [0.4, 0.5) is 0 Å². The molecule has 0 bridgehead atoms. The molecule has 0 saturated heterocycles. The summed E-state index contributed by atoms with van der Waals surface area (Å²) in [4.78, 5) is 0. The Morgan fingerprint density at radius 3 is 2.71 bits per heavy atom. The number of hydrogen-bond donors (Lipinski definition) is 1. The minimum atomic E-state index is 0.691. The summed E-state index contributed by atoms with van der Waals surface area (Å²) in [5.74, 6) is 1.92. The second-order valence-electron chi connectivity index (χ2n) is 4.49. The van der Waals surface area contributed by atoms with Crippen molar-refractivity contribution in [2.75, 3.05) is 0 Å². The summed E-state index contributed by atoms with van der Waals surface area (Å²) in [5.41, 5.74) is 1.13. The Kier molecular flexibility index (Phi) is 2.65. The molecule has 1 N–H and O–H groups in total. The van der Waals surface area contributed by atoms with Crippen molar-refractivity contribution in [3.05, 3.63) is 42.0 Å². The second-order valence-corrected chi connectivity index (χ2v) is 4.49. The lowest BCUT2D eigenvalue weighted by atomic mass is 10.3. The van der Waals surface area contributed by atoms with Crippen molar-refractivity contribution in [3.63, 3.8) is 0 Å². The maximum atomic E-state index is 4.24. The SMILES string of the molecule is Cc1nnc(CNC2CC2)n1-c1ccccc1. The molecule has 0 aliphatic heterocycles. The van der Waals surface area contributed by atoms with Crippen molar-refractivity contribution >= 4 is 0 Å². The molecule has 1 aliphatic rings. The lowest BCUT2D eigenvalue weighted by Crippen LogP contribution is -2.18. The summed E-state index contributed by atoms with van der Waals surface area (Å²) < 4.78 is 2.11. The van der Waals surface area contributed by atoms with E-state index in [1.54, 1.807) is 0 Å². The van der Waals surface area contributed by atoms with Gasteiger partial charge in [-0.15, -0.1) is 10.2 Å². The minimum Gasteiger partial charge on any atom is -0.307 e. The van der Waals surface area contributed by atoms with E-state index < -0.39 is 0 Å². The molecule has 2 aromatic rings. The van der Waals surface area contributed by atoms with E-state index in [1.165, 1.54) is 12.8 Å². The molecule has 1 saturated carbocycles. The standard InChI is InChI=1S/C13H16N4/c1-10-15-16-13(9-14-11-7-8-11)17(10)12-5-3-2-4-6-12/h2-6,11,14H,7-9H2,1H3. The molecule has 4 nitrogen and oxygen atoms in total. The third kappa shape index (κ3) is 2.22. The molecule has 0 unspecified atom stereocenters. The van der Waals surface area contributed by atoms with E-state index >= 15 is 0 Å². The van der Waals surface area contributed by atoms with E-state index in [1.807, 2.05) is 25.1 Å². The highest BCUT2D eigenvalue weighted by Crippen LogP contribution is 2.19. The molecule has 1 aliphatic carbocycles. The van der Waals surface area contributed by atoms with Gasteiger partial charge in [0.1, 0.15) is 5.82 Å². The lowest BCUT2D eigenvalue weighted by molar-refractivity contribution is 0.646. The smallest absolute Gasteiger partial charge is 0.151 e. The Morgan fingerprint density at radius 2 is 2.00 bits per heavy atom. The molecule has 17 heavy (non-hydrogen) atoms. The van der Waals surface area contributed by atoms with Crippen LogP contribution >= 0.6 is 0 Å². The zero-order valence-corrected chi connectivity index (χ0v) is 9.93. The van der Waals surface area contributed by atoms with Crippen molar-refractivity contribution in [2.24, 2.45) is 0 Å². The quantitative estimate of drug-likeness (QED) is 0.868. The van der Waals surface area contributed by atoms with Gasteiger partial charge in [-0.05, 0) is 31.9 Å². The molecule has 3 rings (SSSR count). The Morgan fingerprint density at radius 1 is 1.24 bits per heavy atom. The van der Waals surface area contributed by atoms with Crippen molar-refractivity contribution in [1.82, 2.24) is 20.1 Å². The van der Waals surface area contributed by atoms with Crippen molar-refractivity contribution in [2.45, 2.75) is 32.4 Å². The molecule has 0 atom stereocenters. The summed E-state index contributed by atoms with van der Waals surface area (Å²) in [7, 11) is 0. The monoisotopic (exact) mass is 228 g/mol. The van der Waals surface area contributed by atoms with E-state index in [9.17, 15) is 0 Å². The Balaban J connectivity index is 1.88. The number of nitrogens with zero attached hydrogens (tertiary/aromatic N) is 3. The van der Waals surface area contributed by atoms with Gasteiger partial charge in [-0.3, -0.25) is 4.57 Å². The number of hydrogen-bond acceptors (Lipinski definition) is 3. The number of nitrogens with one attached hydrogen (secondary N) is 1. The van der Waals surface area contributed by atoms with E-state index in [4.69, 9.17) is 0 Å². The highest BCUT2D eigenvalue weighted by molar-refractivity contribution is 5.33. The highest BCUT2D eigenvalue weighted by atomic mass is 15.3. The highest BCUT2D eigenvalue weighted by Gasteiger charge is 2.21. The maximum absolute atomic E-state index is 4.24. The summed E-state index contributed by atoms with van der Waals surface area (Å²) >= 11 is 0. The molecule has 0 amide bonds. The second kappa shape index (κ2) is 4.30. The van der Waals surface area contributed by atoms with Crippen LogP contribution in [0, 0.1) is 6.92 Å². The number of aryl methyl sites for hydroxylation is 1. The van der Waals surface area contributed by atoms with E-state index in [0.717, 1.165) is 23.9 Å². The third-order valence-corrected chi connectivity index (χ3v) is 3.03. The largest absolute Gasteiger partial charge is 0.307 e. The fraction of sp³-hybridized carbons (Fsp3) is 0.385. The Bertz CT molecular complexity index is 499. The third-order valence-electron chi connectivity index (χ3n) is 3.03. The molecule has 1 fully saturated rings. The molecular formula is C13H16N4. The molecule has 0 spiro atoms. The van der Waals surface area contributed by atoms with Crippen LogP contribution in [0.5, 0.6) is 0 Å². The van der Waals surface area contributed by atoms with E-state index in [0.29, 0.717) is 6.04 Å². The average molecular weight is 228 g/mol. The molecule has 1 aromatic heterocycles. The van der Waals surface area contributed by atoms with Gasteiger partial charge in [-0.25, -0.2) is 0 Å². The van der Waals surface area contributed by atoms with Crippen molar-refractivity contribution in [1.29, 1.82) is 0 Å². The van der Waals surface area contributed by atoms with Crippen LogP contribution in [0.25, 0.3) is 5.69 Å². The fourth-order valence-electron chi connectivity index (χ4n) is 1.96. The van der Waals surface area contributed by atoms with Gasteiger partial charge in [-0.2, -0.15) is 0 Å². The first-order valence-corrected chi connectivity index (χ1v) is 6.04. The summed E-state index contributed by atoms with van der Waals surface area (Å²) in [5, 5.41) is 11.9. The van der Waals surface area contributed by atoms with Gasteiger partial charge >= 0.3 is 0 Å². The summed E-state index contributed by atoms with van der Waals surface area (Å²) in [6.07, 6.45) is 2.58. The first-order chi connectivity index (χ1) is 8.34. The molecule has 88 valence electrons. The topological polar surface area (TPSA) is 42.7 Å². The number of benzene rings is 1. The fourth-order valence-corrected chi connectivity index (χ4v) is 1.96. The molecule has 4 heteroatoms. The van der Waals surface area contributed by atoms with Gasteiger partial charge < -0.3 is 5.32 Å². The number of aromatic nitrogens is 3. The lowest BCUT2D eigenvalue weighted by Gasteiger charge is -2.08. The van der Waals surface area contributed by atoms with Gasteiger partial charge in [0.2, 0.25) is 0 Å². The van der Waals surface area contributed by atoms with E-state index in [-0.39, 0.29) is 0 Å². The van der Waals surface area contributed by atoms with Crippen LogP contribution in [0.3, 0.4) is 0 Å². The zero-order valence-electron chi connectivity index (χ0n) is 9.93. The molecule has 0 radical (unpaired) electrons. The first kappa shape index (κ1) is 10.5. The van der Waals surface area contributed by atoms with Crippen molar-refractivity contribution in [3.8, 4) is 5.69 Å². The van der Waals surface area contributed by atoms with Crippen LogP contribution in [0.15, 0.2) is 30.3 Å². The predicted molar refractivity (Wildman–Crippen MR) is 66.0 cm³/mol. The van der Waals surface area contributed by atoms with E-state index in [2.05, 4.69) is 32.2 Å². The molecule has 1 aromatic carbocycles. The minimum absolute atomic E-state index is 0.691. The van der Waals surface area contributed by atoms with Gasteiger partial charge in [-0.1, -0.05) is 18.2 Å². The maximum Gasteiger partial charge on any atom is 0.151 e. The summed E-state index contributed by atoms with van der Waals surface area (Å²) in [6, 6.07) is 10.9. The van der Waals surface area contributed by atoms with Gasteiger partial charge in [0, 0.05) is 11.7 Å². The average Bonchev–Trinajstić information content (AvgIpc) is 3.11. The normalized spacial score (nSPS) is 15.1. The van der Waals surface area contributed by atoms with Gasteiger partial charge in [0.15, 0.2) is 5.82 Å². The van der Waals surface area contributed by atoms with Crippen LogP contribution in [0.1, 0.15) is 24.5 Å². The van der Waals surface area contributed by atoms with Crippen molar-refractivity contribution < 1.29 is 0 Å². The Labute approximate surface area is 101 Å². The van der Waals surface area contributed by atoms with Crippen LogP contribution in [-0.4, -0.2) is 20.8 Å². The van der Waals surface area contributed by atoms with Gasteiger partial charge in [0.05, 0.1) is 6.54 Å². The van der Waals surface area contributed by atoms with Crippen LogP contribution < -0.4 is 5.32 Å². The number of rotatable bonds is 4. The summed E-state index contributed by atoms with van der Waals surface area (Å²) in [6.45, 7) is 2.78. The van der Waals surface area contributed by atoms with Gasteiger partial charge in [0.25, 0.3) is 0 Å². The van der Waals surface area contributed by atoms with Crippen LogP contribution in [0.2, 0.25) is 0 Å². The molecular weight excluding hydrogens is 212 g/mol. The zero-order chi connectivity index (χ0) is 11.7. The predicted octanol–water partition coefficient (Wildman–Crippen LogP) is 1.83. The first-order valence-electron chi connectivity index (χ1n) is 6.04. The Hall–Kier alpha value is -1.68. The van der Waals surface area contributed by atoms with Crippen LogP contribution in [-0.2, 0) is 6.54 Å². The molecule has 1 heterocycles. The number of para-hydroxylation sites is 1.